The average Bonchev–Trinajstić information content (AvgIpc) is 2.83. The van der Waals surface area contributed by atoms with Gasteiger partial charge in [-0.1, -0.05) is 6.92 Å². The molecular weight excluding hydrogens is 268 g/mol. The molecule has 2 heterocycles. The van der Waals surface area contributed by atoms with Crippen LogP contribution in [0.25, 0.3) is 0 Å². The van der Waals surface area contributed by atoms with E-state index in [1.54, 1.807) is 16.7 Å². The molecule has 2 aliphatic heterocycles. The predicted octanol–water partition coefficient (Wildman–Crippen LogP) is -0.356. The number of rotatable bonds is 4. The van der Waals surface area contributed by atoms with Gasteiger partial charge in [-0.3, -0.25) is 9.59 Å². The van der Waals surface area contributed by atoms with Crippen LogP contribution in [-0.4, -0.2) is 67.2 Å². The minimum atomic E-state index is -3.08. The molecule has 0 aromatic rings. The molecule has 2 rings (SSSR count). The van der Waals surface area contributed by atoms with Crippen LogP contribution >= 0.6 is 0 Å². The molecule has 0 aromatic heterocycles. The van der Waals surface area contributed by atoms with Gasteiger partial charge < -0.3 is 9.80 Å². The van der Waals surface area contributed by atoms with E-state index < -0.39 is 9.84 Å². The van der Waals surface area contributed by atoms with Crippen molar-refractivity contribution in [2.24, 2.45) is 0 Å². The van der Waals surface area contributed by atoms with Gasteiger partial charge in [0.25, 0.3) is 0 Å². The quantitative estimate of drug-likeness (QED) is 0.708. The zero-order valence-corrected chi connectivity index (χ0v) is 12.0. The SMILES string of the molecule is CCS(=O)(=O)CCN1CCC(=O)N2CCCC2C1=O. The zero-order valence-electron chi connectivity index (χ0n) is 11.2. The summed E-state index contributed by atoms with van der Waals surface area (Å²) in [5.74, 6) is -0.00834. The molecule has 2 saturated heterocycles. The fraction of sp³-hybridized carbons (Fsp3) is 0.833. The van der Waals surface area contributed by atoms with E-state index in [0.717, 1.165) is 6.42 Å². The Morgan fingerprint density at radius 1 is 1.26 bits per heavy atom. The summed E-state index contributed by atoms with van der Waals surface area (Å²) in [6, 6.07) is -0.362. The molecule has 0 aliphatic carbocycles. The molecule has 0 saturated carbocycles. The minimum Gasteiger partial charge on any atom is -0.339 e. The number of hydrogen-bond acceptors (Lipinski definition) is 4. The first kappa shape index (κ1) is 14.3. The van der Waals surface area contributed by atoms with Gasteiger partial charge in [-0.2, -0.15) is 0 Å². The Labute approximate surface area is 113 Å². The summed E-state index contributed by atoms with van der Waals surface area (Å²) in [7, 11) is -3.08. The van der Waals surface area contributed by atoms with E-state index in [4.69, 9.17) is 0 Å². The molecule has 1 unspecified atom stereocenters. The first-order valence-corrected chi connectivity index (χ1v) is 8.55. The fourth-order valence-electron chi connectivity index (χ4n) is 2.63. The van der Waals surface area contributed by atoms with Crippen LogP contribution < -0.4 is 0 Å². The van der Waals surface area contributed by atoms with Crippen LogP contribution in [0.2, 0.25) is 0 Å². The smallest absolute Gasteiger partial charge is 0.245 e. The molecule has 0 N–H and O–H groups in total. The van der Waals surface area contributed by atoms with E-state index >= 15 is 0 Å². The summed E-state index contributed by atoms with van der Waals surface area (Å²) in [5.41, 5.74) is 0. The van der Waals surface area contributed by atoms with E-state index in [-0.39, 0.29) is 35.9 Å². The third-order valence-electron chi connectivity index (χ3n) is 3.88. The van der Waals surface area contributed by atoms with Gasteiger partial charge in [-0.05, 0) is 12.8 Å². The van der Waals surface area contributed by atoms with Gasteiger partial charge in [0.05, 0.1) is 5.75 Å². The first-order valence-electron chi connectivity index (χ1n) is 6.73. The molecule has 108 valence electrons. The zero-order chi connectivity index (χ0) is 14.0. The molecule has 0 radical (unpaired) electrons. The van der Waals surface area contributed by atoms with E-state index in [1.807, 2.05) is 0 Å². The van der Waals surface area contributed by atoms with E-state index in [1.165, 1.54) is 0 Å². The number of amides is 2. The van der Waals surface area contributed by atoms with E-state index in [2.05, 4.69) is 0 Å². The standard InChI is InChI=1S/C12H20N2O4S/c1-2-19(17,18)9-8-13-7-5-11(15)14-6-3-4-10(14)12(13)16/h10H,2-9H2,1H3. The third kappa shape index (κ3) is 3.08. The van der Waals surface area contributed by atoms with Crippen molar-refractivity contribution in [3.05, 3.63) is 0 Å². The Hall–Kier alpha value is -1.11. The lowest BCUT2D eigenvalue weighted by atomic mass is 10.2. The van der Waals surface area contributed by atoms with E-state index in [0.29, 0.717) is 25.9 Å². The second-order valence-electron chi connectivity index (χ2n) is 5.06. The van der Waals surface area contributed by atoms with Gasteiger partial charge in [0.15, 0.2) is 9.84 Å². The molecule has 2 fully saturated rings. The second-order valence-corrected chi connectivity index (χ2v) is 7.53. The summed E-state index contributed by atoms with van der Waals surface area (Å²) >= 11 is 0. The first-order chi connectivity index (χ1) is 8.94. The lowest BCUT2D eigenvalue weighted by molar-refractivity contribution is -0.139. The number of sulfone groups is 1. The molecule has 19 heavy (non-hydrogen) atoms. The summed E-state index contributed by atoms with van der Waals surface area (Å²) in [4.78, 5) is 27.4. The van der Waals surface area contributed by atoms with E-state index in [9.17, 15) is 18.0 Å². The molecule has 1 atom stereocenters. The topological polar surface area (TPSA) is 74.8 Å². The van der Waals surface area contributed by atoms with Crippen LogP contribution in [-0.2, 0) is 19.4 Å². The second kappa shape index (κ2) is 5.48. The summed E-state index contributed by atoms with van der Waals surface area (Å²) in [6.07, 6.45) is 1.85. The van der Waals surface area contributed by atoms with Crippen molar-refractivity contribution in [2.75, 3.05) is 31.1 Å². The van der Waals surface area contributed by atoms with Gasteiger partial charge in [-0.25, -0.2) is 8.42 Å². The number of nitrogens with zero attached hydrogens (tertiary/aromatic N) is 2. The summed E-state index contributed by atoms with van der Waals surface area (Å²) < 4.78 is 23.0. The van der Waals surface area contributed by atoms with Crippen LogP contribution in [0, 0.1) is 0 Å². The molecule has 6 nitrogen and oxygen atoms in total. The van der Waals surface area contributed by atoms with Crippen LogP contribution in [0.3, 0.4) is 0 Å². The monoisotopic (exact) mass is 288 g/mol. The lowest BCUT2D eigenvalue weighted by Gasteiger charge is -2.25. The number of fused-ring (bicyclic) bond motifs is 1. The van der Waals surface area contributed by atoms with Gasteiger partial charge in [-0.15, -0.1) is 0 Å². The molecular formula is C12H20N2O4S. The van der Waals surface area contributed by atoms with Crippen LogP contribution in [0.4, 0.5) is 0 Å². The van der Waals surface area contributed by atoms with Crippen LogP contribution in [0.5, 0.6) is 0 Å². The van der Waals surface area contributed by atoms with Crippen LogP contribution in [0.1, 0.15) is 26.2 Å². The maximum atomic E-state index is 12.3. The highest BCUT2D eigenvalue weighted by atomic mass is 32.2. The van der Waals surface area contributed by atoms with Gasteiger partial charge >= 0.3 is 0 Å². The normalized spacial score (nSPS) is 24.6. The molecule has 0 bridgehead atoms. The fourth-order valence-corrected chi connectivity index (χ4v) is 3.42. The Kier molecular flexibility index (Phi) is 4.13. The number of carbonyl (C=O) groups excluding carboxylic acids is 2. The summed E-state index contributed by atoms with van der Waals surface area (Å²) in [6.45, 7) is 2.79. The predicted molar refractivity (Wildman–Crippen MR) is 70.3 cm³/mol. The average molecular weight is 288 g/mol. The molecule has 2 aliphatic rings. The summed E-state index contributed by atoms with van der Waals surface area (Å²) in [5, 5.41) is 0. The van der Waals surface area contributed by atoms with Gasteiger partial charge in [0.2, 0.25) is 11.8 Å². The number of hydrogen-bond donors (Lipinski definition) is 0. The van der Waals surface area contributed by atoms with Crippen molar-refractivity contribution in [1.82, 2.24) is 9.80 Å². The van der Waals surface area contributed by atoms with Gasteiger partial charge in [0, 0.05) is 31.8 Å². The van der Waals surface area contributed by atoms with Crippen molar-refractivity contribution in [3.8, 4) is 0 Å². The Morgan fingerprint density at radius 3 is 2.68 bits per heavy atom. The molecule has 7 heteroatoms. The largest absolute Gasteiger partial charge is 0.339 e. The van der Waals surface area contributed by atoms with Crippen molar-refractivity contribution < 1.29 is 18.0 Å². The third-order valence-corrected chi connectivity index (χ3v) is 5.56. The highest BCUT2D eigenvalue weighted by molar-refractivity contribution is 7.91. The molecule has 0 spiro atoms. The van der Waals surface area contributed by atoms with Crippen molar-refractivity contribution in [2.45, 2.75) is 32.2 Å². The molecule has 0 aromatic carbocycles. The maximum absolute atomic E-state index is 12.3. The Bertz CT molecular complexity index is 474. The highest BCUT2D eigenvalue weighted by Gasteiger charge is 2.39. The van der Waals surface area contributed by atoms with Crippen molar-refractivity contribution >= 4 is 21.7 Å². The lowest BCUT2D eigenvalue weighted by Crippen LogP contribution is -2.44. The minimum absolute atomic E-state index is 0.0108. The highest BCUT2D eigenvalue weighted by Crippen LogP contribution is 2.23. The van der Waals surface area contributed by atoms with Crippen molar-refractivity contribution in [1.29, 1.82) is 0 Å². The van der Waals surface area contributed by atoms with Gasteiger partial charge in [0.1, 0.15) is 6.04 Å². The molecule has 2 amide bonds. The maximum Gasteiger partial charge on any atom is 0.245 e. The van der Waals surface area contributed by atoms with Crippen LogP contribution in [0.15, 0.2) is 0 Å². The Morgan fingerprint density at radius 2 is 2.00 bits per heavy atom. The Balaban J connectivity index is 2.05. The number of carbonyl (C=O) groups is 2. The van der Waals surface area contributed by atoms with Crippen molar-refractivity contribution in [3.63, 3.8) is 0 Å².